The average Bonchev–Trinajstić information content (AvgIpc) is 3.31. The maximum atomic E-state index is 13.8. The number of rotatable bonds is 8. The first-order chi connectivity index (χ1) is 19.1. The van der Waals surface area contributed by atoms with E-state index in [1.807, 2.05) is 0 Å². The molecule has 1 aliphatic carbocycles. The van der Waals surface area contributed by atoms with Crippen LogP contribution in [-0.2, 0) is 12.6 Å². The Labute approximate surface area is 229 Å². The molecule has 212 valence electrons. The molecule has 0 saturated carbocycles. The number of aliphatic hydroxyl groups excluding tert-OH is 1. The summed E-state index contributed by atoms with van der Waals surface area (Å²) in [6.07, 6.45) is -2.46. The van der Waals surface area contributed by atoms with Crippen LogP contribution in [0.1, 0.15) is 52.5 Å². The van der Waals surface area contributed by atoms with E-state index in [1.54, 1.807) is 30.3 Å². The Morgan fingerprint density at radius 3 is 2.62 bits per heavy atom. The van der Waals surface area contributed by atoms with Crippen molar-refractivity contribution in [1.82, 2.24) is 20.2 Å². The molecule has 1 atom stereocenters. The number of anilines is 2. The molecule has 2 aromatic carbocycles. The van der Waals surface area contributed by atoms with E-state index in [0.717, 1.165) is 31.5 Å². The molecule has 3 aromatic rings. The Morgan fingerprint density at radius 1 is 1.12 bits per heavy atom. The normalized spacial score (nSPS) is 17.0. The van der Waals surface area contributed by atoms with E-state index in [1.165, 1.54) is 13.2 Å². The fraction of sp³-hybridized carbons (Fsp3) is 0.393. The van der Waals surface area contributed by atoms with Crippen molar-refractivity contribution in [2.45, 2.75) is 44.1 Å². The number of halogens is 3. The third-order valence-corrected chi connectivity index (χ3v) is 7.18. The number of hydrogen-bond donors (Lipinski definition) is 3. The van der Waals surface area contributed by atoms with Gasteiger partial charge in [-0.05, 0) is 68.7 Å². The summed E-state index contributed by atoms with van der Waals surface area (Å²) in [5, 5.41) is 16.8. The second-order valence-electron chi connectivity index (χ2n) is 9.96. The molecule has 0 amide bonds. The Kier molecular flexibility index (Phi) is 7.92. The second kappa shape index (κ2) is 11.4. The molecule has 1 saturated heterocycles. The lowest BCUT2D eigenvalue weighted by Crippen LogP contribution is -2.42. The van der Waals surface area contributed by atoms with Gasteiger partial charge in [0.2, 0.25) is 11.8 Å². The van der Waals surface area contributed by atoms with Crippen molar-refractivity contribution < 1.29 is 32.5 Å². The number of hydrogen-bond acceptors (Lipinski definition) is 9. The van der Waals surface area contributed by atoms with Crippen LogP contribution >= 0.6 is 0 Å². The molecular formula is C28H30F3N5O4. The number of aromatic nitrogens is 2. The average molecular weight is 558 g/mol. The monoisotopic (exact) mass is 557 g/mol. The van der Waals surface area contributed by atoms with Crippen molar-refractivity contribution in [3.8, 4) is 17.4 Å². The third kappa shape index (κ3) is 6.03. The zero-order valence-electron chi connectivity index (χ0n) is 22.1. The van der Waals surface area contributed by atoms with Crippen LogP contribution in [0.5, 0.6) is 17.4 Å². The first kappa shape index (κ1) is 27.8. The lowest BCUT2D eigenvalue weighted by Gasteiger charge is -2.31. The number of aliphatic hydroxyl groups is 1. The van der Waals surface area contributed by atoms with Gasteiger partial charge in [0.05, 0.1) is 18.4 Å². The summed E-state index contributed by atoms with van der Waals surface area (Å²) in [6, 6.07) is 9.94. The first-order valence-corrected chi connectivity index (χ1v) is 13.0. The molecule has 1 fully saturated rings. The minimum Gasteiger partial charge on any atom is -0.495 e. The van der Waals surface area contributed by atoms with Gasteiger partial charge >= 0.3 is 6.18 Å². The van der Waals surface area contributed by atoms with Crippen molar-refractivity contribution >= 4 is 17.4 Å². The van der Waals surface area contributed by atoms with Gasteiger partial charge in [-0.25, -0.2) is 4.98 Å². The van der Waals surface area contributed by atoms with Crippen LogP contribution in [0.3, 0.4) is 0 Å². The molecule has 1 unspecified atom stereocenters. The van der Waals surface area contributed by atoms with Crippen molar-refractivity contribution in [3.05, 3.63) is 64.8 Å². The van der Waals surface area contributed by atoms with Crippen LogP contribution in [-0.4, -0.2) is 59.0 Å². The number of nitrogens with zero attached hydrogens (tertiary/aromatic N) is 3. The molecule has 1 aromatic heterocycles. The maximum Gasteiger partial charge on any atom is 0.423 e. The van der Waals surface area contributed by atoms with E-state index in [0.29, 0.717) is 29.6 Å². The molecule has 5 rings (SSSR count). The summed E-state index contributed by atoms with van der Waals surface area (Å²) in [5.74, 6) is -0.740. The minimum absolute atomic E-state index is 0.0168. The Bertz CT molecular complexity index is 1390. The molecule has 0 bridgehead atoms. The van der Waals surface area contributed by atoms with Gasteiger partial charge in [-0.1, -0.05) is 18.2 Å². The topological polar surface area (TPSA) is 109 Å². The highest BCUT2D eigenvalue weighted by molar-refractivity contribution is 6.03. The number of methoxy groups -OCH3 is 1. The predicted octanol–water partition coefficient (Wildman–Crippen LogP) is 4.84. The van der Waals surface area contributed by atoms with Gasteiger partial charge in [-0.2, -0.15) is 18.2 Å². The van der Waals surface area contributed by atoms with Gasteiger partial charge in [-0.15, -0.1) is 0 Å². The van der Waals surface area contributed by atoms with Crippen molar-refractivity contribution in [2.24, 2.45) is 0 Å². The number of carbonyl (C=O) groups is 1. The number of Topliss-reactive ketones (excluding diaryl/α,β-unsaturated/α-hetero) is 1. The fourth-order valence-electron chi connectivity index (χ4n) is 4.96. The molecular weight excluding hydrogens is 527 g/mol. The standard InChI is InChI=1S/C28H30F3N5O4/c1-36-12-10-18(11-13-36)33-25(38)17-6-8-20(23(14-17)39-2)34-27-32-15-19(28(29,30)31)26(35-27)40-22-5-3-4-16-7-9-21(37)24(16)22/h3-6,8,14-15,18,25,33,38H,7,9-13H2,1-2H3,(H,32,34,35). The van der Waals surface area contributed by atoms with Gasteiger partial charge in [0.1, 0.15) is 23.3 Å². The fourth-order valence-corrected chi connectivity index (χ4v) is 4.96. The van der Waals surface area contributed by atoms with Crippen molar-refractivity contribution in [3.63, 3.8) is 0 Å². The second-order valence-corrected chi connectivity index (χ2v) is 9.96. The van der Waals surface area contributed by atoms with E-state index in [2.05, 4.69) is 32.5 Å². The Hall–Kier alpha value is -3.74. The Morgan fingerprint density at radius 2 is 1.90 bits per heavy atom. The maximum absolute atomic E-state index is 13.8. The summed E-state index contributed by atoms with van der Waals surface area (Å²) in [4.78, 5) is 22.4. The summed E-state index contributed by atoms with van der Waals surface area (Å²) < 4.78 is 52.4. The molecule has 0 spiro atoms. The van der Waals surface area contributed by atoms with Gasteiger partial charge in [0.25, 0.3) is 0 Å². The summed E-state index contributed by atoms with van der Waals surface area (Å²) in [6.45, 7) is 1.89. The number of fused-ring (bicyclic) bond motifs is 1. The van der Waals surface area contributed by atoms with Crippen molar-refractivity contribution in [1.29, 1.82) is 0 Å². The first-order valence-electron chi connectivity index (χ1n) is 13.0. The highest BCUT2D eigenvalue weighted by Gasteiger charge is 2.37. The number of carbonyl (C=O) groups excluding carboxylic acids is 1. The van der Waals surface area contributed by atoms with Crippen LogP contribution < -0.4 is 20.1 Å². The molecule has 0 radical (unpaired) electrons. The molecule has 2 heterocycles. The summed E-state index contributed by atoms with van der Waals surface area (Å²) in [5.41, 5.74) is 0.765. The number of nitrogens with one attached hydrogen (secondary N) is 2. The van der Waals surface area contributed by atoms with Crippen molar-refractivity contribution in [2.75, 3.05) is 32.6 Å². The highest BCUT2D eigenvalue weighted by Crippen LogP contribution is 2.40. The lowest BCUT2D eigenvalue weighted by atomic mass is 10.0. The lowest BCUT2D eigenvalue weighted by molar-refractivity contribution is -0.139. The van der Waals surface area contributed by atoms with Crippen LogP contribution in [0.25, 0.3) is 0 Å². The molecule has 3 N–H and O–H groups in total. The van der Waals surface area contributed by atoms with Crippen LogP contribution in [0.4, 0.5) is 24.8 Å². The largest absolute Gasteiger partial charge is 0.495 e. The van der Waals surface area contributed by atoms with Crippen LogP contribution in [0, 0.1) is 0 Å². The minimum atomic E-state index is -4.79. The number of ketones is 1. The molecule has 40 heavy (non-hydrogen) atoms. The number of ether oxygens (including phenoxy) is 2. The van der Waals surface area contributed by atoms with Gasteiger partial charge in [-0.3, -0.25) is 10.1 Å². The quantitative estimate of drug-likeness (QED) is 0.335. The smallest absolute Gasteiger partial charge is 0.423 e. The number of benzene rings is 2. The molecule has 12 heteroatoms. The highest BCUT2D eigenvalue weighted by atomic mass is 19.4. The number of piperidine rings is 1. The molecule has 1 aliphatic heterocycles. The van der Waals surface area contributed by atoms with E-state index in [9.17, 15) is 23.1 Å². The number of likely N-dealkylation sites (tertiary alicyclic amines) is 1. The van der Waals surface area contributed by atoms with E-state index >= 15 is 0 Å². The van der Waals surface area contributed by atoms with Gasteiger partial charge < -0.3 is 24.8 Å². The molecule has 2 aliphatic rings. The van der Waals surface area contributed by atoms with E-state index in [4.69, 9.17) is 9.47 Å². The van der Waals surface area contributed by atoms with Gasteiger partial charge in [0, 0.05) is 18.7 Å². The van der Waals surface area contributed by atoms with E-state index < -0.39 is 23.8 Å². The van der Waals surface area contributed by atoms with E-state index in [-0.39, 0.29) is 35.5 Å². The van der Waals surface area contributed by atoms with Crippen LogP contribution in [0.15, 0.2) is 42.6 Å². The number of aryl methyl sites for hydroxylation is 1. The molecule has 9 nitrogen and oxygen atoms in total. The zero-order valence-corrected chi connectivity index (χ0v) is 22.1. The third-order valence-electron chi connectivity index (χ3n) is 7.18. The van der Waals surface area contributed by atoms with Crippen LogP contribution in [0.2, 0.25) is 0 Å². The number of alkyl halides is 3. The van der Waals surface area contributed by atoms with Gasteiger partial charge in [0.15, 0.2) is 5.78 Å². The summed E-state index contributed by atoms with van der Waals surface area (Å²) in [7, 11) is 3.50. The summed E-state index contributed by atoms with van der Waals surface area (Å²) >= 11 is 0. The predicted molar refractivity (Wildman–Crippen MR) is 141 cm³/mol. The Balaban J connectivity index is 1.38. The SMILES string of the molecule is COc1cc(C(O)NC2CCN(C)CC2)ccc1Nc1ncc(C(F)(F)F)c(Oc2cccc3c2C(=O)CC3)n1. The zero-order chi connectivity index (χ0) is 28.4.